The van der Waals surface area contributed by atoms with Crippen molar-refractivity contribution in [3.8, 4) is 11.5 Å². The molecule has 0 spiro atoms. The van der Waals surface area contributed by atoms with Crippen molar-refractivity contribution in [2.24, 2.45) is 0 Å². The molecule has 1 aliphatic heterocycles. The Morgan fingerprint density at radius 1 is 0.963 bits per heavy atom. The van der Waals surface area contributed by atoms with Gasteiger partial charge < -0.3 is 9.47 Å². The Labute approximate surface area is 158 Å². The molecule has 0 aliphatic carbocycles. The summed E-state index contributed by atoms with van der Waals surface area (Å²) >= 11 is 0. The van der Waals surface area contributed by atoms with E-state index in [1.54, 1.807) is 18.2 Å². The summed E-state index contributed by atoms with van der Waals surface area (Å²) in [5.74, 6) is 1.46. The molecule has 3 aromatic carbocycles. The molecule has 0 saturated heterocycles. The third-order valence-corrected chi connectivity index (χ3v) is 4.64. The fourth-order valence-corrected chi connectivity index (χ4v) is 3.07. The number of fused-ring (bicyclic) bond motifs is 1. The average molecular weight is 356 g/mol. The SMILES string of the molecule is Cc1ccc(C)c(COc2ccc3c(c2)O/C(=C\c2ccccc2)C3=O)c1. The molecule has 1 aliphatic rings. The summed E-state index contributed by atoms with van der Waals surface area (Å²) < 4.78 is 11.7. The Hall–Kier alpha value is -3.33. The predicted molar refractivity (Wildman–Crippen MR) is 106 cm³/mol. The molecule has 0 aromatic heterocycles. The van der Waals surface area contributed by atoms with Gasteiger partial charge in [0.1, 0.15) is 18.1 Å². The number of ketones is 1. The van der Waals surface area contributed by atoms with Gasteiger partial charge in [-0.25, -0.2) is 0 Å². The van der Waals surface area contributed by atoms with Crippen LogP contribution in [0, 0.1) is 13.8 Å². The van der Waals surface area contributed by atoms with E-state index in [1.807, 2.05) is 36.4 Å². The largest absolute Gasteiger partial charge is 0.489 e. The van der Waals surface area contributed by atoms with Crippen molar-refractivity contribution in [1.29, 1.82) is 0 Å². The monoisotopic (exact) mass is 356 g/mol. The number of hydrogen-bond acceptors (Lipinski definition) is 3. The van der Waals surface area contributed by atoms with Crippen LogP contribution in [-0.4, -0.2) is 5.78 Å². The van der Waals surface area contributed by atoms with Crippen molar-refractivity contribution in [2.45, 2.75) is 20.5 Å². The molecule has 0 fully saturated rings. The van der Waals surface area contributed by atoms with E-state index in [1.165, 1.54) is 11.1 Å². The Morgan fingerprint density at radius 2 is 1.78 bits per heavy atom. The molecule has 0 bridgehead atoms. The van der Waals surface area contributed by atoms with Gasteiger partial charge in [0.2, 0.25) is 5.78 Å². The fourth-order valence-electron chi connectivity index (χ4n) is 3.07. The minimum Gasteiger partial charge on any atom is -0.489 e. The average Bonchev–Trinajstić information content (AvgIpc) is 2.98. The first-order chi connectivity index (χ1) is 13.1. The number of rotatable bonds is 4. The Kier molecular flexibility index (Phi) is 4.51. The number of ether oxygens (including phenoxy) is 2. The highest BCUT2D eigenvalue weighted by Gasteiger charge is 2.27. The third kappa shape index (κ3) is 3.63. The summed E-state index contributed by atoms with van der Waals surface area (Å²) in [4.78, 5) is 12.5. The van der Waals surface area contributed by atoms with Crippen LogP contribution in [-0.2, 0) is 6.61 Å². The van der Waals surface area contributed by atoms with Gasteiger partial charge in [0, 0.05) is 6.07 Å². The number of hydrogen-bond donors (Lipinski definition) is 0. The normalized spacial score (nSPS) is 14.1. The van der Waals surface area contributed by atoms with Gasteiger partial charge in [0.15, 0.2) is 5.76 Å². The molecular formula is C24H20O3. The lowest BCUT2D eigenvalue weighted by atomic mass is 10.1. The minimum atomic E-state index is -0.102. The van der Waals surface area contributed by atoms with Gasteiger partial charge in [-0.3, -0.25) is 4.79 Å². The van der Waals surface area contributed by atoms with E-state index in [-0.39, 0.29) is 5.78 Å². The maximum Gasteiger partial charge on any atom is 0.231 e. The van der Waals surface area contributed by atoms with Crippen molar-refractivity contribution in [3.05, 3.63) is 100 Å². The van der Waals surface area contributed by atoms with Crippen molar-refractivity contribution in [1.82, 2.24) is 0 Å². The van der Waals surface area contributed by atoms with Crippen molar-refractivity contribution < 1.29 is 14.3 Å². The molecule has 0 saturated carbocycles. The summed E-state index contributed by atoms with van der Waals surface area (Å²) in [7, 11) is 0. The van der Waals surface area contributed by atoms with Gasteiger partial charge >= 0.3 is 0 Å². The molecule has 0 radical (unpaired) electrons. The van der Waals surface area contributed by atoms with E-state index in [9.17, 15) is 4.79 Å². The number of carbonyl (C=O) groups excluding carboxylic acids is 1. The van der Waals surface area contributed by atoms with Gasteiger partial charge in [0.05, 0.1) is 5.56 Å². The van der Waals surface area contributed by atoms with E-state index in [4.69, 9.17) is 9.47 Å². The molecule has 3 aromatic rings. The Bertz CT molecular complexity index is 1030. The molecule has 0 amide bonds. The molecule has 0 unspecified atom stereocenters. The third-order valence-electron chi connectivity index (χ3n) is 4.64. The molecule has 27 heavy (non-hydrogen) atoms. The molecular weight excluding hydrogens is 336 g/mol. The number of carbonyl (C=O) groups is 1. The van der Waals surface area contributed by atoms with Crippen LogP contribution in [0.1, 0.15) is 32.6 Å². The second-order valence-corrected chi connectivity index (χ2v) is 6.73. The highest BCUT2D eigenvalue weighted by atomic mass is 16.5. The molecule has 3 heteroatoms. The minimum absolute atomic E-state index is 0.102. The zero-order chi connectivity index (χ0) is 18.8. The maximum atomic E-state index is 12.5. The van der Waals surface area contributed by atoms with Gasteiger partial charge in [0.25, 0.3) is 0 Å². The van der Waals surface area contributed by atoms with Crippen molar-refractivity contribution in [3.63, 3.8) is 0 Å². The zero-order valence-electron chi connectivity index (χ0n) is 15.4. The van der Waals surface area contributed by atoms with Gasteiger partial charge in [-0.05, 0) is 48.7 Å². The molecule has 134 valence electrons. The summed E-state index contributed by atoms with van der Waals surface area (Å²) in [5, 5.41) is 0. The summed E-state index contributed by atoms with van der Waals surface area (Å²) in [6.07, 6.45) is 1.76. The molecule has 1 heterocycles. The highest BCUT2D eigenvalue weighted by Crippen LogP contribution is 2.35. The molecule has 0 atom stereocenters. The smallest absolute Gasteiger partial charge is 0.231 e. The summed E-state index contributed by atoms with van der Waals surface area (Å²) in [6, 6.07) is 21.3. The molecule has 0 N–H and O–H groups in total. The molecule has 4 rings (SSSR count). The second-order valence-electron chi connectivity index (χ2n) is 6.73. The topological polar surface area (TPSA) is 35.5 Å². The quantitative estimate of drug-likeness (QED) is 0.579. The fraction of sp³-hybridized carbons (Fsp3) is 0.125. The van der Waals surface area contributed by atoms with Crippen LogP contribution in [0.4, 0.5) is 0 Å². The van der Waals surface area contributed by atoms with Crippen molar-refractivity contribution in [2.75, 3.05) is 0 Å². The first kappa shape index (κ1) is 17.1. The number of aryl methyl sites for hydroxylation is 2. The van der Waals surface area contributed by atoms with Crippen molar-refractivity contribution >= 4 is 11.9 Å². The Balaban J connectivity index is 1.52. The number of Topliss-reactive ketones (excluding diaryl/α,β-unsaturated/α-hetero) is 1. The number of allylic oxidation sites excluding steroid dienone is 1. The van der Waals surface area contributed by atoms with Gasteiger partial charge in [-0.1, -0.05) is 54.1 Å². The van der Waals surface area contributed by atoms with Crippen LogP contribution in [0.5, 0.6) is 11.5 Å². The first-order valence-electron chi connectivity index (χ1n) is 8.92. The molecule has 3 nitrogen and oxygen atoms in total. The lowest BCUT2D eigenvalue weighted by molar-refractivity contribution is 0.101. The van der Waals surface area contributed by atoms with Crippen LogP contribution in [0.15, 0.2) is 72.5 Å². The zero-order valence-corrected chi connectivity index (χ0v) is 15.4. The Morgan fingerprint density at radius 3 is 2.59 bits per heavy atom. The van der Waals surface area contributed by atoms with Crippen LogP contribution < -0.4 is 9.47 Å². The maximum absolute atomic E-state index is 12.5. The van der Waals surface area contributed by atoms with Crippen LogP contribution in [0.3, 0.4) is 0 Å². The lowest BCUT2D eigenvalue weighted by Crippen LogP contribution is -1.99. The second kappa shape index (κ2) is 7.12. The van der Waals surface area contributed by atoms with Gasteiger partial charge in [-0.2, -0.15) is 0 Å². The summed E-state index contributed by atoms with van der Waals surface area (Å²) in [6.45, 7) is 4.62. The van der Waals surface area contributed by atoms with E-state index in [2.05, 4.69) is 32.0 Å². The lowest BCUT2D eigenvalue weighted by Gasteiger charge is -2.10. The van der Waals surface area contributed by atoms with Crippen LogP contribution in [0.2, 0.25) is 0 Å². The van der Waals surface area contributed by atoms with E-state index in [0.717, 1.165) is 11.1 Å². The van der Waals surface area contributed by atoms with Crippen LogP contribution in [0.25, 0.3) is 6.08 Å². The first-order valence-corrected chi connectivity index (χ1v) is 8.92. The van der Waals surface area contributed by atoms with E-state index < -0.39 is 0 Å². The van der Waals surface area contributed by atoms with E-state index >= 15 is 0 Å². The van der Waals surface area contributed by atoms with E-state index in [0.29, 0.717) is 29.4 Å². The summed E-state index contributed by atoms with van der Waals surface area (Å²) in [5.41, 5.74) is 5.05. The number of benzene rings is 3. The van der Waals surface area contributed by atoms with Gasteiger partial charge in [-0.15, -0.1) is 0 Å². The highest BCUT2D eigenvalue weighted by molar-refractivity contribution is 6.14. The standard InChI is InChI=1S/C24H20O3/c1-16-8-9-17(2)19(12-16)15-26-20-10-11-21-22(14-20)27-23(24(21)25)13-18-6-4-3-5-7-18/h3-14H,15H2,1-2H3/b23-13-. The predicted octanol–water partition coefficient (Wildman–Crippen LogP) is 5.50. The van der Waals surface area contributed by atoms with Crippen LogP contribution >= 0.6 is 0 Å².